The van der Waals surface area contributed by atoms with Gasteiger partial charge in [0.1, 0.15) is 36.3 Å². The molecular formula is C52H58O12. The molecule has 0 saturated carbocycles. The van der Waals surface area contributed by atoms with Crippen LogP contribution in [-0.4, -0.2) is 62.2 Å². The van der Waals surface area contributed by atoms with Gasteiger partial charge in [-0.2, -0.15) is 0 Å². The van der Waals surface area contributed by atoms with Crippen molar-refractivity contribution >= 4 is 35.4 Å². The van der Waals surface area contributed by atoms with Crippen molar-refractivity contribution in [3.8, 4) is 11.5 Å². The number of rotatable bonds is 29. The minimum Gasteiger partial charge on any atom is -0.490 e. The van der Waals surface area contributed by atoms with Gasteiger partial charge < -0.3 is 33.2 Å². The second-order valence-corrected chi connectivity index (χ2v) is 15.4. The van der Waals surface area contributed by atoms with Crippen LogP contribution < -0.4 is 9.47 Å². The molecule has 0 aliphatic heterocycles. The van der Waals surface area contributed by atoms with Crippen LogP contribution in [0.15, 0.2) is 135 Å². The Balaban J connectivity index is 1.43. The van der Waals surface area contributed by atoms with Gasteiger partial charge in [0.2, 0.25) is 13.6 Å². The molecule has 0 aromatic heterocycles. The molecular weight excluding hydrogens is 817 g/mol. The van der Waals surface area contributed by atoms with Gasteiger partial charge in [0.15, 0.2) is 0 Å². The average Bonchev–Trinajstić information content (AvgIpc) is 3.30. The molecule has 12 heteroatoms. The monoisotopic (exact) mass is 874 g/mol. The van der Waals surface area contributed by atoms with Crippen molar-refractivity contribution in [1.29, 1.82) is 0 Å². The van der Waals surface area contributed by atoms with Crippen LogP contribution in [0, 0.1) is 23.7 Å². The molecule has 0 aliphatic rings. The van der Waals surface area contributed by atoms with Crippen LogP contribution >= 0.6 is 0 Å². The average molecular weight is 875 g/mol. The molecule has 338 valence electrons. The molecule has 0 spiro atoms. The maximum absolute atomic E-state index is 13.9. The van der Waals surface area contributed by atoms with E-state index >= 15 is 0 Å². The fourth-order valence-electron chi connectivity index (χ4n) is 6.97. The summed E-state index contributed by atoms with van der Waals surface area (Å²) >= 11 is 0. The maximum Gasteiger partial charge on any atom is 0.312 e. The first-order valence-corrected chi connectivity index (χ1v) is 21.4. The molecule has 0 bridgehead atoms. The second-order valence-electron chi connectivity index (χ2n) is 15.4. The number of carbonyl (C=O) groups is 6. The first kappa shape index (κ1) is 49.8. The molecule has 4 atom stereocenters. The van der Waals surface area contributed by atoms with Crippen LogP contribution in [0.3, 0.4) is 0 Å². The SMILES string of the molecule is C=CCOc1ccc(CC(CC(C)=O)C(=O)OCOC(=O)C(CC(=O)CC(Cc2ccccc2)C(=O)OCOC(=O)C(CC)Cc2ccccc2)Cc2ccc(OCC=C)cc2)cc1. The van der Waals surface area contributed by atoms with Crippen LogP contribution in [0.4, 0.5) is 0 Å². The van der Waals surface area contributed by atoms with Crippen molar-refractivity contribution < 1.29 is 57.2 Å². The summed E-state index contributed by atoms with van der Waals surface area (Å²) in [4.78, 5) is 79.4. The molecule has 0 radical (unpaired) electrons. The number of hydrogen-bond acceptors (Lipinski definition) is 12. The summed E-state index contributed by atoms with van der Waals surface area (Å²) < 4.78 is 32.7. The summed E-state index contributed by atoms with van der Waals surface area (Å²) in [6.45, 7) is 9.82. The van der Waals surface area contributed by atoms with Gasteiger partial charge in [-0.1, -0.05) is 117 Å². The van der Waals surface area contributed by atoms with Crippen LogP contribution in [0.25, 0.3) is 0 Å². The second kappa shape index (κ2) is 27.3. The lowest BCUT2D eigenvalue weighted by molar-refractivity contribution is -0.174. The number of hydrogen-bond donors (Lipinski definition) is 0. The van der Waals surface area contributed by atoms with Gasteiger partial charge in [-0.15, -0.1) is 0 Å². The zero-order valence-electron chi connectivity index (χ0n) is 36.7. The molecule has 4 aromatic carbocycles. The van der Waals surface area contributed by atoms with Crippen LogP contribution in [0.5, 0.6) is 11.5 Å². The van der Waals surface area contributed by atoms with Crippen LogP contribution in [-0.2, 0) is 73.4 Å². The summed E-state index contributed by atoms with van der Waals surface area (Å²) in [7, 11) is 0. The van der Waals surface area contributed by atoms with E-state index in [0.29, 0.717) is 43.1 Å². The van der Waals surface area contributed by atoms with Gasteiger partial charge in [0.25, 0.3) is 0 Å². The highest BCUT2D eigenvalue weighted by Crippen LogP contribution is 2.24. The number of benzene rings is 4. The lowest BCUT2D eigenvalue weighted by Gasteiger charge is -2.20. The summed E-state index contributed by atoms with van der Waals surface area (Å²) in [5, 5.41) is 0. The summed E-state index contributed by atoms with van der Waals surface area (Å²) in [5.41, 5.74) is 3.22. The predicted molar refractivity (Wildman–Crippen MR) is 240 cm³/mol. The number of ketones is 2. The van der Waals surface area contributed by atoms with Crippen LogP contribution in [0.1, 0.15) is 61.8 Å². The van der Waals surface area contributed by atoms with Crippen molar-refractivity contribution in [3.63, 3.8) is 0 Å². The summed E-state index contributed by atoms with van der Waals surface area (Å²) in [6.07, 6.45) is 3.96. The van der Waals surface area contributed by atoms with Crippen LogP contribution in [0.2, 0.25) is 0 Å². The highest BCUT2D eigenvalue weighted by atomic mass is 16.7. The Kier molecular flexibility index (Phi) is 21.2. The number of Topliss-reactive ketones (excluding diaryl/α,β-unsaturated/α-hetero) is 2. The summed E-state index contributed by atoms with van der Waals surface area (Å²) in [6, 6.07) is 32.7. The minimum atomic E-state index is -1.04. The first-order valence-electron chi connectivity index (χ1n) is 21.4. The Morgan fingerprint density at radius 3 is 1.14 bits per heavy atom. The van der Waals surface area contributed by atoms with E-state index in [2.05, 4.69) is 13.2 Å². The van der Waals surface area contributed by atoms with Gasteiger partial charge in [-0.05, 0) is 85.5 Å². The third kappa shape index (κ3) is 17.9. The lowest BCUT2D eigenvalue weighted by Crippen LogP contribution is -2.29. The molecule has 0 amide bonds. The maximum atomic E-state index is 13.9. The van der Waals surface area contributed by atoms with Crippen molar-refractivity contribution in [3.05, 3.63) is 157 Å². The van der Waals surface area contributed by atoms with Gasteiger partial charge in [-0.25, -0.2) is 0 Å². The fourth-order valence-corrected chi connectivity index (χ4v) is 6.97. The highest BCUT2D eigenvalue weighted by molar-refractivity contribution is 5.88. The molecule has 4 rings (SSSR count). The normalized spacial score (nSPS) is 12.6. The predicted octanol–water partition coefficient (Wildman–Crippen LogP) is 8.38. The molecule has 64 heavy (non-hydrogen) atoms. The molecule has 0 heterocycles. The molecule has 4 aromatic rings. The van der Waals surface area contributed by atoms with E-state index in [1.54, 1.807) is 60.7 Å². The van der Waals surface area contributed by atoms with Gasteiger partial charge in [0, 0.05) is 19.3 Å². The molecule has 0 saturated heterocycles. The Bertz CT molecular complexity index is 2110. The van der Waals surface area contributed by atoms with Crippen molar-refractivity contribution in [2.45, 2.75) is 65.2 Å². The van der Waals surface area contributed by atoms with E-state index in [-0.39, 0.29) is 44.3 Å². The summed E-state index contributed by atoms with van der Waals surface area (Å²) in [5.74, 6) is -5.49. The van der Waals surface area contributed by atoms with Crippen molar-refractivity contribution in [1.82, 2.24) is 0 Å². The topological polar surface area (TPSA) is 158 Å². The highest BCUT2D eigenvalue weighted by Gasteiger charge is 2.30. The van der Waals surface area contributed by atoms with Crippen molar-refractivity contribution in [2.75, 3.05) is 26.8 Å². The zero-order chi connectivity index (χ0) is 46.1. The minimum absolute atomic E-state index is 0.0745. The fraction of sp³-hybridized carbons (Fsp3) is 0.346. The molecule has 12 nitrogen and oxygen atoms in total. The molecule has 0 fully saturated rings. The van der Waals surface area contributed by atoms with E-state index in [0.717, 1.165) is 16.7 Å². The quantitative estimate of drug-likeness (QED) is 0.0292. The third-order valence-electron chi connectivity index (χ3n) is 10.3. The molecule has 0 aliphatic carbocycles. The van der Waals surface area contributed by atoms with E-state index in [1.807, 2.05) is 67.6 Å². The zero-order valence-corrected chi connectivity index (χ0v) is 36.7. The largest absolute Gasteiger partial charge is 0.490 e. The molecule has 0 N–H and O–H groups in total. The van der Waals surface area contributed by atoms with Gasteiger partial charge in [-0.3, -0.25) is 24.0 Å². The lowest BCUT2D eigenvalue weighted by atomic mass is 9.88. The van der Waals surface area contributed by atoms with Gasteiger partial charge in [0.05, 0.1) is 23.7 Å². The van der Waals surface area contributed by atoms with Crippen molar-refractivity contribution in [2.24, 2.45) is 23.7 Å². The Hall–Kier alpha value is -6.82. The van der Waals surface area contributed by atoms with E-state index in [4.69, 9.17) is 28.4 Å². The standard InChI is InChI=1S/C52H58O12/c1-5-26-59-47-22-18-40(19-23-47)31-43(28-37(4)53)50(56)62-36-64-52(58)45(32-41-20-24-48(25-21-41)60-27-6-2)34-46(54)33-44(30-39-16-12-9-13-17-39)51(57)63-35-61-49(55)42(7-3)29-38-14-10-8-11-15-38/h5-6,8-25,42-45H,1-2,7,26-36H2,3-4H3. The molecule has 4 unspecified atom stereocenters. The van der Waals surface area contributed by atoms with E-state index < -0.39 is 66.9 Å². The number of esters is 4. The van der Waals surface area contributed by atoms with E-state index in [9.17, 15) is 28.8 Å². The van der Waals surface area contributed by atoms with E-state index in [1.165, 1.54) is 6.92 Å². The number of carbonyl (C=O) groups excluding carboxylic acids is 6. The number of ether oxygens (including phenoxy) is 6. The Morgan fingerprint density at radius 2 is 0.797 bits per heavy atom. The Morgan fingerprint density at radius 1 is 0.469 bits per heavy atom. The van der Waals surface area contributed by atoms with Gasteiger partial charge >= 0.3 is 23.9 Å². The third-order valence-corrected chi connectivity index (χ3v) is 10.3. The smallest absolute Gasteiger partial charge is 0.312 e. The first-order chi connectivity index (χ1) is 31.0. The Labute approximate surface area is 375 Å².